The molecule has 0 unspecified atom stereocenters. The van der Waals surface area contributed by atoms with Crippen molar-refractivity contribution in [3.8, 4) is 5.75 Å². The number of hydrogen-bond acceptors (Lipinski definition) is 3. The number of hydrogen-bond donors (Lipinski definition) is 2. The summed E-state index contributed by atoms with van der Waals surface area (Å²) in [5.74, 6) is -0.215. The SMILES string of the molecule is O=C(Nc1cccc(O)c1)c1cnc(Cl)c2ccccc12. The van der Waals surface area contributed by atoms with Gasteiger partial charge < -0.3 is 10.4 Å². The number of halogens is 1. The van der Waals surface area contributed by atoms with Gasteiger partial charge in [0.05, 0.1) is 5.56 Å². The molecular formula is C16H11ClN2O2. The van der Waals surface area contributed by atoms with Gasteiger partial charge in [0.2, 0.25) is 0 Å². The first-order valence-corrected chi connectivity index (χ1v) is 6.66. The minimum atomic E-state index is -0.305. The van der Waals surface area contributed by atoms with E-state index in [1.165, 1.54) is 18.3 Å². The Hall–Kier alpha value is -2.59. The highest BCUT2D eigenvalue weighted by Gasteiger charge is 2.13. The molecule has 4 nitrogen and oxygen atoms in total. The Bertz CT molecular complexity index is 833. The highest BCUT2D eigenvalue weighted by atomic mass is 35.5. The number of aromatic nitrogens is 1. The highest BCUT2D eigenvalue weighted by Crippen LogP contribution is 2.25. The van der Waals surface area contributed by atoms with E-state index in [4.69, 9.17) is 11.6 Å². The molecule has 1 amide bonds. The lowest BCUT2D eigenvalue weighted by molar-refractivity contribution is 0.102. The van der Waals surface area contributed by atoms with Gasteiger partial charge in [0.15, 0.2) is 0 Å². The van der Waals surface area contributed by atoms with Gasteiger partial charge in [0, 0.05) is 23.3 Å². The van der Waals surface area contributed by atoms with Crippen molar-refractivity contribution in [1.29, 1.82) is 0 Å². The lowest BCUT2D eigenvalue weighted by Crippen LogP contribution is -2.12. The number of benzene rings is 2. The number of carbonyl (C=O) groups excluding carboxylic acids is 1. The van der Waals surface area contributed by atoms with Gasteiger partial charge in [-0.05, 0) is 17.5 Å². The van der Waals surface area contributed by atoms with Crippen LogP contribution in [0.3, 0.4) is 0 Å². The second-order valence-corrected chi connectivity index (χ2v) is 4.87. The molecule has 1 aromatic heterocycles. The molecule has 0 atom stereocenters. The van der Waals surface area contributed by atoms with Crippen LogP contribution in [0, 0.1) is 0 Å². The third-order valence-corrected chi connectivity index (χ3v) is 3.40. The van der Waals surface area contributed by atoms with Crippen LogP contribution in [0.4, 0.5) is 5.69 Å². The number of pyridine rings is 1. The average Bonchev–Trinajstić information content (AvgIpc) is 2.48. The molecule has 0 saturated carbocycles. The Morgan fingerprint density at radius 1 is 1.10 bits per heavy atom. The number of phenolic OH excluding ortho intramolecular Hbond substituents is 1. The number of nitrogens with one attached hydrogen (secondary N) is 1. The molecular weight excluding hydrogens is 288 g/mol. The Kier molecular flexibility index (Phi) is 3.46. The van der Waals surface area contributed by atoms with Crippen LogP contribution in [-0.4, -0.2) is 16.0 Å². The smallest absolute Gasteiger partial charge is 0.257 e. The number of amides is 1. The molecule has 104 valence electrons. The third kappa shape index (κ3) is 2.66. The van der Waals surface area contributed by atoms with Gasteiger partial charge in [-0.25, -0.2) is 4.98 Å². The standard InChI is InChI=1S/C16H11ClN2O2/c17-15-13-7-2-1-6-12(13)14(9-18-15)16(21)19-10-4-3-5-11(20)8-10/h1-9,20H,(H,19,21). The van der Waals surface area contributed by atoms with E-state index in [1.54, 1.807) is 12.1 Å². The number of nitrogens with zero attached hydrogens (tertiary/aromatic N) is 1. The second-order valence-electron chi connectivity index (χ2n) is 4.51. The van der Waals surface area contributed by atoms with Crippen molar-refractivity contribution in [2.75, 3.05) is 5.32 Å². The first-order valence-electron chi connectivity index (χ1n) is 6.29. The fraction of sp³-hybridized carbons (Fsp3) is 0. The van der Waals surface area contributed by atoms with E-state index in [9.17, 15) is 9.90 Å². The summed E-state index contributed by atoms with van der Waals surface area (Å²) in [6.07, 6.45) is 1.45. The predicted octanol–water partition coefficient (Wildman–Crippen LogP) is 3.85. The number of aromatic hydroxyl groups is 1. The van der Waals surface area contributed by atoms with Crippen molar-refractivity contribution in [1.82, 2.24) is 4.98 Å². The number of anilines is 1. The van der Waals surface area contributed by atoms with Crippen molar-refractivity contribution in [3.05, 3.63) is 65.4 Å². The van der Waals surface area contributed by atoms with Gasteiger partial charge in [-0.2, -0.15) is 0 Å². The van der Waals surface area contributed by atoms with Crippen molar-refractivity contribution in [2.24, 2.45) is 0 Å². The van der Waals surface area contributed by atoms with Crippen molar-refractivity contribution in [2.45, 2.75) is 0 Å². The van der Waals surface area contributed by atoms with E-state index < -0.39 is 0 Å². The van der Waals surface area contributed by atoms with Crippen molar-refractivity contribution < 1.29 is 9.90 Å². The van der Waals surface area contributed by atoms with Gasteiger partial charge in [0.1, 0.15) is 10.9 Å². The molecule has 0 spiro atoms. The molecule has 0 saturated heterocycles. The van der Waals surface area contributed by atoms with Gasteiger partial charge in [-0.15, -0.1) is 0 Å². The first-order chi connectivity index (χ1) is 10.1. The van der Waals surface area contributed by atoms with E-state index in [1.807, 2.05) is 24.3 Å². The summed E-state index contributed by atoms with van der Waals surface area (Å²) in [6, 6.07) is 13.7. The molecule has 2 aromatic carbocycles. The van der Waals surface area contributed by atoms with Gasteiger partial charge in [-0.3, -0.25) is 4.79 Å². The molecule has 0 bridgehead atoms. The number of fused-ring (bicyclic) bond motifs is 1. The number of phenols is 1. The molecule has 0 aliphatic heterocycles. The fourth-order valence-corrected chi connectivity index (χ4v) is 2.33. The highest BCUT2D eigenvalue weighted by molar-refractivity contribution is 6.35. The summed E-state index contributed by atoms with van der Waals surface area (Å²) >= 11 is 6.04. The molecule has 0 aliphatic carbocycles. The summed E-state index contributed by atoms with van der Waals surface area (Å²) in [7, 11) is 0. The maximum Gasteiger partial charge on any atom is 0.257 e. The zero-order valence-electron chi connectivity index (χ0n) is 10.9. The van der Waals surface area contributed by atoms with Crippen LogP contribution in [0.1, 0.15) is 10.4 Å². The third-order valence-electron chi connectivity index (χ3n) is 3.10. The summed E-state index contributed by atoms with van der Waals surface area (Å²) in [5, 5.41) is 14.0. The van der Waals surface area contributed by atoms with Crippen molar-refractivity contribution in [3.63, 3.8) is 0 Å². The van der Waals surface area contributed by atoms with Crippen LogP contribution in [0.5, 0.6) is 5.75 Å². The van der Waals surface area contributed by atoms with E-state index in [2.05, 4.69) is 10.3 Å². The van der Waals surface area contributed by atoms with Gasteiger partial charge in [0.25, 0.3) is 5.91 Å². The largest absolute Gasteiger partial charge is 0.508 e. The van der Waals surface area contributed by atoms with Crippen LogP contribution >= 0.6 is 11.6 Å². The Labute approximate surface area is 126 Å². The van der Waals surface area contributed by atoms with Gasteiger partial charge in [-0.1, -0.05) is 41.9 Å². The van der Waals surface area contributed by atoms with E-state index in [-0.39, 0.29) is 11.7 Å². The van der Waals surface area contributed by atoms with E-state index >= 15 is 0 Å². The van der Waals surface area contributed by atoms with Crippen LogP contribution in [0.25, 0.3) is 10.8 Å². The maximum atomic E-state index is 12.4. The quantitative estimate of drug-likeness (QED) is 0.706. The topological polar surface area (TPSA) is 62.2 Å². The van der Waals surface area contributed by atoms with Gasteiger partial charge >= 0.3 is 0 Å². The second kappa shape index (κ2) is 5.42. The Morgan fingerprint density at radius 2 is 1.86 bits per heavy atom. The average molecular weight is 299 g/mol. The zero-order valence-corrected chi connectivity index (χ0v) is 11.6. The molecule has 3 rings (SSSR count). The summed E-state index contributed by atoms with van der Waals surface area (Å²) in [6.45, 7) is 0. The summed E-state index contributed by atoms with van der Waals surface area (Å²) < 4.78 is 0. The normalized spacial score (nSPS) is 10.5. The minimum absolute atomic E-state index is 0.0897. The summed E-state index contributed by atoms with van der Waals surface area (Å²) in [5.41, 5.74) is 0.942. The van der Waals surface area contributed by atoms with Crippen molar-refractivity contribution >= 4 is 34.0 Å². The monoisotopic (exact) mass is 298 g/mol. The lowest BCUT2D eigenvalue weighted by Gasteiger charge is -2.08. The lowest BCUT2D eigenvalue weighted by atomic mass is 10.1. The maximum absolute atomic E-state index is 12.4. The van der Waals surface area contributed by atoms with E-state index in [0.29, 0.717) is 16.4 Å². The molecule has 21 heavy (non-hydrogen) atoms. The van der Waals surface area contributed by atoms with Crippen LogP contribution in [-0.2, 0) is 0 Å². The molecule has 0 radical (unpaired) electrons. The molecule has 2 N–H and O–H groups in total. The van der Waals surface area contributed by atoms with Crippen LogP contribution < -0.4 is 5.32 Å². The van der Waals surface area contributed by atoms with Crippen LogP contribution in [0.2, 0.25) is 5.15 Å². The Balaban J connectivity index is 2.01. The van der Waals surface area contributed by atoms with E-state index in [0.717, 1.165) is 10.8 Å². The minimum Gasteiger partial charge on any atom is -0.508 e. The molecule has 0 aliphatic rings. The Morgan fingerprint density at radius 3 is 2.62 bits per heavy atom. The van der Waals surface area contributed by atoms with Crippen LogP contribution in [0.15, 0.2) is 54.7 Å². The predicted molar refractivity (Wildman–Crippen MR) is 82.8 cm³/mol. The molecule has 5 heteroatoms. The number of carbonyl (C=O) groups is 1. The number of rotatable bonds is 2. The fourth-order valence-electron chi connectivity index (χ4n) is 2.12. The zero-order chi connectivity index (χ0) is 14.8. The molecule has 1 heterocycles. The summed E-state index contributed by atoms with van der Waals surface area (Å²) in [4.78, 5) is 16.4. The molecule has 3 aromatic rings. The molecule has 0 fully saturated rings. The first kappa shape index (κ1) is 13.4.